The minimum Gasteiger partial charge on any atom is -0.494 e. The first-order chi connectivity index (χ1) is 11.8. The molecule has 0 aliphatic carbocycles. The van der Waals surface area contributed by atoms with Crippen molar-refractivity contribution in [3.63, 3.8) is 0 Å². The minimum atomic E-state index is -3.84. The second kappa shape index (κ2) is 7.60. The van der Waals surface area contributed by atoms with Crippen LogP contribution >= 0.6 is 0 Å². The number of nitrogens with zero attached hydrogens (tertiary/aromatic N) is 1. The molecule has 0 amide bonds. The Kier molecular flexibility index (Phi) is 5.73. The van der Waals surface area contributed by atoms with Gasteiger partial charge in [0.05, 0.1) is 13.2 Å². The monoisotopic (exact) mass is 366 g/mol. The first-order valence-electron chi connectivity index (χ1n) is 7.89. The summed E-state index contributed by atoms with van der Waals surface area (Å²) in [5.74, 6) is 0.0987. The Bertz CT molecular complexity index is 854. The van der Waals surface area contributed by atoms with E-state index in [9.17, 15) is 13.2 Å². The van der Waals surface area contributed by atoms with Gasteiger partial charge >= 0.3 is 5.97 Å². The average molecular weight is 366 g/mol. The van der Waals surface area contributed by atoms with Crippen molar-refractivity contribution in [1.29, 1.82) is 0 Å². The Morgan fingerprint density at radius 3 is 2.36 bits per heavy atom. The van der Waals surface area contributed by atoms with Crippen molar-refractivity contribution in [2.45, 2.75) is 25.7 Å². The molecule has 1 aromatic carbocycles. The number of esters is 1. The van der Waals surface area contributed by atoms with Crippen LogP contribution in [0.2, 0.25) is 0 Å². The summed E-state index contributed by atoms with van der Waals surface area (Å²) in [4.78, 5) is 12.0. The Hall–Kier alpha value is -2.48. The van der Waals surface area contributed by atoms with E-state index in [1.807, 2.05) is 6.92 Å². The van der Waals surface area contributed by atoms with E-state index >= 15 is 0 Å². The Labute approximate surface area is 147 Å². The molecule has 2 rings (SSSR count). The van der Waals surface area contributed by atoms with Crippen molar-refractivity contribution in [1.82, 2.24) is 4.57 Å². The number of aromatic nitrogens is 1. The van der Waals surface area contributed by atoms with E-state index in [1.54, 1.807) is 45.2 Å². The smallest absolute Gasteiger partial charge is 0.354 e. The summed E-state index contributed by atoms with van der Waals surface area (Å²) in [6.45, 7) is 5.95. The van der Waals surface area contributed by atoms with Crippen LogP contribution in [-0.2, 0) is 21.8 Å². The number of carbonyl (C=O) groups excluding carboxylic acids is 1. The quantitative estimate of drug-likeness (QED) is 0.762. The second-order valence-electron chi connectivity index (χ2n) is 5.32. The van der Waals surface area contributed by atoms with Crippen LogP contribution in [0.4, 0.5) is 5.69 Å². The van der Waals surface area contributed by atoms with E-state index < -0.39 is 16.0 Å². The van der Waals surface area contributed by atoms with Crippen LogP contribution in [0, 0.1) is 6.92 Å². The van der Waals surface area contributed by atoms with Crippen molar-refractivity contribution in [2.24, 2.45) is 7.05 Å². The van der Waals surface area contributed by atoms with Crippen molar-refractivity contribution in [3.8, 4) is 5.75 Å². The van der Waals surface area contributed by atoms with E-state index in [0.29, 0.717) is 23.7 Å². The van der Waals surface area contributed by atoms with Crippen molar-refractivity contribution < 1.29 is 22.7 Å². The molecule has 0 saturated carbocycles. The lowest BCUT2D eigenvalue weighted by molar-refractivity contribution is 0.0515. The highest BCUT2D eigenvalue weighted by molar-refractivity contribution is 7.92. The molecule has 0 radical (unpaired) electrons. The van der Waals surface area contributed by atoms with E-state index in [4.69, 9.17) is 9.47 Å². The highest BCUT2D eigenvalue weighted by Crippen LogP contribution is 2.24. The molecule has 0 bridgehead atoms. The second-order valence-corrected chi connectivity index (χ2v) is 6.97. The third kappa shape index (κ3) is 4.14. The molecule has 8 heteroatoms. The Balaban J connectivity index is 2.30. The van der Waals surface area contributed by atoms with Crippen LogP contribution in [0.15, 0.2) is 35.2 Å². The first-order valence-corrected chi connectivity index (χ1v) is 9.37. The van der Waals surface area contributed by atoms with Gasteiger partial charge in [0.25, 0.3) is 10.0 Å². The van der Waals surface area contributed by atoms with Gasteiger partial charge < -0.3 is 14.0 Å². The number of hydrogen-bond acceptors (Lipinski definition) is 5. The van der Waals surface area contributed by atoms with Gasteiger partial charge in [0.1, 0.15) is 16.3 Å². The van der Waals surface area contributed by atoms with Crippen molar-refractivity contribution in [3.05, 3.63) is 41.7 Å². The standard InChI is InChI=1S/C17H22N2O5S/c1-5-23-14-9-7-13(8-10-14)18-25(21,22)16-11-15(17(20)24-6-2)19(4)12(16)3/h7-11,18H,5-6H2,1-4H3. The van der Waals surface area contributed by atoms with Crippen molar-refractivity contribution in [2.75, 3.05) is 17.9 Å². The van der Waals surface area contributed by atoms with Crippen LogP contribution in [0.5, 0.6) is 5.75 Å². The number of carbonyl (C=O) groups is 1. The normalized spacial score (nSPS) is 11.2. The predicted octanol–water partition coefficient (Wildman–Crippen LogP) is 2.71. The van der Waals surface area contributed by atoms with Gasteiger partial charge in [0, 0.05) is 18.4 Å². The Morgan fingerprint density at radius 2 is 1.80 bits per heavy atom. The molecule has 7 nitrogen and oxygen atoms in total. The molecule has 1 heterocycles. The van der Waals surface area contributed by atoms with E-state index in [1.165, 1.54) is 10.6 Å². The van der Waals surface area contributed by atoms with Gasteiger partial charge in [-0.25, -0.2) is 13.2 Å². The molecule has 136 valence electrons. The molecule has 1 aromatic heterocycles. The van der Waals surface area contributed by atoms with E-state index in [0.717, 1.165) is 0 Å². The van der Waals surface area contributed by atoms with Gasteiger partial charge in [-0.3, -0.25) is 4.72 Å². The van der Waals surface area contributed by atoms with E-state index in [2.05, 4.69) is 4.72 Å². The lowest BCUT2D eigenvalue weighted by Gasteiger charge is -2.09. The molecule has 0 fully saturated rings. The lowest BCUT2D eigenvalue weighted by Crippen LogP contribution is -2.13. The molecule has 25 heavy (non-hydrogen) atoms. The molecule has 0 saturated heterocycles. The van der Waals surface area contributed by atoms with Crippen molar-refractivity contribution >= 4 is 21.7 Å². The zero-order valence-electron chi connectivity index (χ0n) is 14.7. The fourth-order valence-electron chi connectivity index (χ4n) is 2.34. The maximum Gasteiger partial charge on any atom is 0.354 e. The first kappa shape index (κ1) is 18.9. The number of nitrogens with one attached hydrogen (secondary N) is 1. The number of hydrogen-bond donors (Lipinski definition) is 1. The number of sulfonamides is 1. The third-order valence-corrected chi connectivity index (χ3v) is 5.18. The van der Waals surface area contributed by atoms with Gasteiger partial charge in [-0.1, -0.05) is 0 Å². The topological polar surface area (TPSA) is 86.6 Å². The van der Waals surface area contributed by atoms with Crippen LogP contribution < -0.4 is 9.46 Å². The SMILES string of the molecule is CCOC(=O)c1cc(S(=O)(=O)Nc2ccc(OCC)cc2)c(C)n1C. The third-order valence-electron chi connectivity index (χ3n) is 3.68. The predicted molar refractivity (Wildman–Crippen MR) is 94.5 cm³/mol. The molecule has 2 aromatic rings. The van der Waals surface area contributed by atoms with Gasteiger partial charge in [-0.05, 0) is 51.1 Å². The summed E-state index contributed by atoms with van der Waals surface area (Å²) >= 11 is 0. The summed E-state index contributed by atoms with van der Waals surface area (Å²) in [6.07, 6.45) is 0. The van der Waals surface area contributed by atoms with Gasteiger partial charge in [-0.15, -0.1) is 0 Å². The molecular weight excluding hydrogens is 344 g/mol. The molecule has 0 unspecified atom stereocenters. The number of anilines is 1. The largest absolute Gasteiger partial charge is 0.494 e. The highest BCUT2D eigenvalue weighted by atomic mass is 32.2. The fourth-order valence-corrected chi connectivity index (χ4v) is 3.69. The fraction of sp³-hybridized carbons (Fsp3) is 0.353. The number of benzene rings is 1. The molecular formula is C17H22N2O5S. The summed E-state index contributed by atoms with van der Waals surface area (Å²) < 4.78 is 39.6. The molecule has 0 aliphatic rings. The van der Waals surface area contributed by atoms with E-state index in [-0.39, 0.29) is 17.2 Å². The molecule has 0 atom stereocenters. The van der Waals surface area contributed by atoms with Crippen LogP contribution in [0.1, 0.15) is 30.0 Å². The highest BCUT2D eigenvalue weighted by Gasteiger charge is 2.25. The summed E-state index contributed by atoms with van der Waals surface area (Å²) in [6, 6.07) is 7.93. The maximum atomic E-state index is 12.7. The summed E-state index contributed by atoms with van der Waals surface area (Å²) in [7, 11) is -2.22. The van der Waals surface area contributed by atoms with Gasteiger partial charge in [0.15, 0.2) is 0 Å². The maximum absolute atomic E-state index is 12.7. The lowest BCUT2D eigenvalue weighted by atomic mass is 10.3. The van der Waals surface area contributed by atoms with Crippen LogP contribution in [-0.4, -0.2) is 32.2 Å². The zero-order chi connectivity index (χ0) is 18.6. The molecule has 0 aliphatic heterocycles. The minimum absolute atomic E-state index is 0.0342. The number of ether oxygens (including phenoxy) is 2. The van der Waals surface area contributed by atoms with Crippen LogP contribution in [0.3, 0.4) is 0 Å². The summed E-state index contributed by atoms with van der Waals surface area (Å²) in [5.41, 5.74) is 1.04. The van der Waals surface area contributed by atoms with Gasteiger partial charge in [-0.2, -0.15) is 0 Å². The Morgan fingerprint density at radius 1 is 1.16 bits per heavy atom. The van der Waals surface area contributed by atoms with Crippen LogP contribution in [0.25, 0.3) is 0 Å². The number of rotatable bonds is 7. The zero-order valence-corrected chi connectivity index (χ0v) is 15.5. The van der Waals surface area contributed by atoms with Gasteiger partial charge in [0.2, 0.25) is 0 Å². The summed E-state index contributed by atoms with van der Waals surface area (Å²) in [5, 5.41) is 0. The molecule has 1 N–H and O–H groups in total. The molecule has 0 spiro atoms. The average Bonchev–Trinajstić information content (AvgIpc) is 2.86.